The second-order valence-corrected chi connectivity index (χ2v) is 4.29. The van der Waals surface area contributed by atoms with Crippen molar-refractivity contribution in [2.24, 2.45) is 13.0 Å². The van der Waals surface area contributed by atoms with E-state index < -0.39 is 5.92 Å². The highest BCUT2D eigenvalue weighted by atomic mass is 19.3. The smallest absolute Gasteiger partial charge is 0.248 e. The molecule has 1 saturated carbocycles. The first-order valence-corrected chi connectivity index (χ1v) is 5.11. The molecule has 1 amide bonds. The van der Waals surface area contributed by atoms with Gasteiger partial charge in [-0.2, -0.15) is 5.10 Å². The van der Waals surface area contributed by atoms with Crippen LogP contribution in [0.1, 0.15) is 19.3 Å². The van der Waals surface area contributed by atoms with Crippen LogP contribution in [0.4, 0.5) is 14.5 Å². The molecular formula is C10H13F2N3O. The zero-order valence-corrected chi connectivity index (χ0v) is 8.91. The van der Waals surface area contributed by atoms with Crippen molar-refractivity contribution in [1.29, 1.82) is 0 Å². The molecule has 0 spiro atoms. The number of carbonyl (C=O) groups is 1. The van der Waals surface area contributed by atoms with Gasteiger partial charge in [0, 0.05) is 32.5 Å². The predicted octanol–water partition coefficient (Wildman–Crippen LogP) is 1.79. The summed E-state index contributed by atoms with van der Waals surface area (Å²) < 4.78 is 26.6. The van der Waals surface area contributed by atoms with Crippen molar-refractivity contribution >= 4 is 11.6 Å². The maximum Gasteiger partial charge on any atom is 0.248 e. The van der Waals surface area contributed by atoms with Crippen LogP contribution in [-0.2, 0) is 11.8 Å². The summed E-state index contributed by atoms with van der Waals surface area (Å²) in [6.45, 7) is 0. The molecule has 1 fully saturated rings. The molecule has 1 heterocycles. The highest BCUT2D eigenvalue weighted by molar-refractivity contribution is 5.90. The van der Waals surface area contributed by atoms with Gasteiger partial charge in [-0.1, -0.05) is 0 Å². The molecule has 0 aliphatic heterocycles. The van der Waals surface area contributed by atoms with E-state index in [1.807, 2.05) is 0 Å². The Balaban J connectivity index is 1.77. The number of carbonyl (C=O) groups excluding carboxylic acids is 1. The Morgan fingerprint density at radius 1 is 1.69 bits per heavy atom. The highest BCUT2D eigenvalue weighted by Crippen LogP contribution is 2.44. The van der Waals surface area contributed by atoms with Gasteiger partial charge in [-0.3, -0.25) is 9.48 Å². The van der Waals surface area contributed by atoms with E-state index in [9.17, 15) is 13.6 Å². The van der Waals surface area contributed by atoms with Crippen LogP contribution in [0, 0.1) is 5.92 Å². The number of amides is 1. The summed E-state index contributed by atoms with van der Waals surface area (Å²) in [6, 6.07) is 0. The van der Waals surface area contributed by atoms with Crippen LogP contribution in [0.2, 0.25) is 0 Å². The molecule has 1 aromatic heterocycles. The van der Waals surface area contributed by atoms with E-state index in [-0.39, 0.29) is 31.1 Å². The van der Waals surface area contributed by atoms with Crippen molar-refractivity contribution in [2.75, 3.05) is 5.32 Å². The Labute approximate surface area is 91.6 Å². The lowest BCUT2D eigenvalue weighted by Crippen LogP contribution is -2.37. The summed E-state index contributed by atoms with van der Waals surface area (Å²) in [4.78, 5) is 11.4. The van der Waals surface area contributed by atoms with Gasteiger partial charge >= 0.3 is 0 Å². The maximum absolute atomic E-state index is 12.5. The van der Waals surface area contributed by atoms with Crippen LogP contribution < -0.4 is 5.32 Å². The number of aryl methyl sites for hydroxylation is 1. The molecule has 0 atom stereocenters. The van der Waals surface area contributed by atoms with E-state index in [1.165, 1.54) is 6.20 Å². The van der Waals surface area contributed by atoms with Crippen molar-refractivity contribution in [1.82, 2.24) is 9.78 Å². The molecule has 1 aromatic rings. The Kier molecular flexibility index (Phi) is 2.65. The monoisotopic (exact) mass is 229 g/mol. The number of anilines is 1. The molecule has 0 radical (unpaired) electrons. The maximum atomic E-state index is 12.5. The van der Waals surface area contributed by atoms with Crippen molar-refractivity contribution in [2.45, 2.75) is 25.2 Å². The molecular weight excluding hydrogens is 216 g/mol. The first kappa shape index (κ1) is 11.0. The molecule has 88 valence electrons. The van der Waals surface area contributed by atoms with Gasteiger partial charge in [0.1, 0.15) is 0 Å². The fraction of sp³-hybridized carbons (Fsp3) is 0.600. The van der Waals surface area contributed by atoms with Gasteiger partial charge in [-0.05, 0) is 5.92 Å². The topological polar surface area (TPSA) is 46.9 Å². The third kappa shape index (κ3) is 2.56. The minimum Gasteiger partial charge on any atom is -0.323 e. The van der Waals surface area contributed by atoms with Crippen molar-refractivity contribution in [3.63, 3.8) is 0 Å². The third-order valence-corrected chi connectivity index (χ3v) is 2.64. The van der Waals surface area contributed by atoms with Crippen LogP contribution >= 0.6 is 0 Å². The van der Waals surface area contributed by atoms with E-state index in [0.29, 0.717) is 5.69 Å². The van der Waals surface area contributed by atoms with E-state index in [1.54, 1.807) is 17.9 Å². The van der Waals surface area contributed by atoms with Crippen molar-refractivity contribution in [3.05, 3.63) is 12.4 Å². The van der Waals surface area contributed by atoms with Gasteiger partial charge in [-0.15, -0.1) is 0 Å². The number of nitrogens with zero attached hydrogens (tertiary/aromatic N) is 2. The van der Waals surface area contributed by atoms with Gasteiger partial charge in [0.15, 0.2) is 0 Å². The Morgan fingerprint density at radius 3 is 2.88 bits per heavy atom. The zero-order valence-electron chi connectivity index (χ0n) is 8.91. The fourth-order valence-corrected chi connectivity index (χ4v) is 1.89. The van der Waals surface area contributed by atoms with Crippen molar-refractivity contribution < 1.29 is 13.6 Å². The molecule has 2 rings (SSSR count). The first-order valence-electron chi connectivity index (χ1n) is 5.11. The quantitative estimate of drug-likeness (QED) is 0.859. The lowest BCUT2D eigenvalue weighted by atomic mass is 9.79. The van der Waals surface area contributed by atoms with Crippen LogP contribution in [0.25, 0.3) is 0 Å². The number of aromatic nitrogens is 2. The fourth-order valence-electron chi connectivity index (χ4n) is 1.89. The average molecular weight is 229 g/mol. The van der Waals surface area contributed by atoms with Crippen molar-refractivity contribution in [3.8, 4) is 0 Å². The minimum atomic E-state index is -2.56. The summed E-state index contributed by atoms with van der Waals surface area (Å²) in [7, 11) is 1.74. The largest absolute Gasteiger partial charge is 0.323 e. The standard InChI is InChI=1S/C10H13F2N3O/c1-15-6-8(5-13-15)14-9(16)2-7-3-10(11,12)4-7/h5-7H,2-4H2,1H3,(H,14,16). The molecule has 16 heavy (non-hydrogen) atoms. The Morgan fingerprint density at radius 2 is 2.38 bits per heavy atom. The molecule has 6 heteroatoms. The Bertz CT molecular complexity index is 395. The summed E-state index contributed by atoms with van der Waals surface area (Å²) in [5.41, 5.74) is 0.596. The lowest BCUT2D eigenvalue weighted by Gasteiger charge is -2.34. The highest BCUT2D eigenvalue weighted by Gasteiger charge is 2.45. The molecule has 0 unspecified atom stereocenters. The number of hydrogen-bond donors (Lipinski definition) is 1. The van der Waals surface area contributed by atoms with Crippen LogP contribution in [-0.4, -0.2) is 21.6 Å². The summed E-state index contributed by atoms with van der Waals surface area (Å²) >= 11 is 0. The number of alkyl halides is 2. The van der Waals surface area contributed by atoms with Crippen LogP contribution in [0.3, 0.4) is 0 Å². The lowest BCUT2D eigenvalue weighted by molar-refractivity contribution is -0.129. The van der Waals surface area contributed by atoms with E-state index in [2.05, 4.69) is 10.4 Å². The zero-order chi connectivity index (χ0) is 11.8. The van der Waals surface area contributed by atoms with E-state index in [4.69, 9.17) is 0 Å². The predicted molar refractivity (Wildman–Crippen MR) is 54.1 cm³/mol. The summed E-state index contributed by atoms with van der Waals surface area (Å²) in [5, 5.41) is 6.51. The SMILES string of the molecule is Cn1cc(NC(=O)CC2CC(F)(F)C2)cn1. The van der Waals surface area contributed by atoms with E-state index in [0.717, 1.165) is 0 Å². The van der Waals surface area contributed by atoms with Gasteiger partial charge in [0.25, 0.3) is 0 Å². The van der Waals surface area contributed by atoms with E-state index >= 15 is 0 Å². The molecule has 0 saturated heterocycles. The second-order valence-electron chi connectivity index (χ2n) is 4.29. The average Bonchev–Trinajstić information content (AvgIpc) is 2.47. The van der Waals surface area contributed by atoms with Gasteiger partial charge in [0.2, 0.25) is 11.8 Å². The molecule has 4 nitrogen and oxygen atoms in total. The second kappa shape index (κ2) is 3.84. The number of nitrogens with one attached hydrogen (secondary N) is 1. The summed E-state index contributed by atoms with van der Waals surface area (Å²) in [5.74, 6) is -2.97. The van der Waals surface area contributed by atoms with Crippen LogP contribution in [0.15, 0.2) is 12.4 Å². The Hall–Kier alpha value is -1.46. The molecule has 1 N–H and O–H groups in total. The third-order valence-electron chi connectivity index (χ3n) is 2.64. The molecule has 0 bridgehead atoms. The number of rotatable bonds is 3. The number of hydrogen-bond acceptors (Lipinski definition) is 2. The van der Waals surface area contributed by atoms with Crippen LogP contribution in [0.5, 0.6) is 0 Å². The van der Waals surface area contributed by atoms with Gasteiger partial charge < -0.3 is 5.32 Å². The molecule has 1 aliphatic rings. The summed E-state index contributed by atoms with van der Waals surface area (Å²) in [6.07, 6.45) is 2.99. The molecule has 0 aromatic carbocycles. The first-order chi connectivity index (χ1) is 7.44. The normalized spacial score (nSPS) is 19.2. The van der Waals surface area contributed by atoms with Gasteiger partial charge in [-0.25, -0.2) is 8.78 Å². The van der Waals surface area contributed by atoms with Gasteiger partial charge in [0.05, 0.1) is 11.9 Å². The number of halogens is 2. The minimum absolute atomic E-state index is 0.157. The molecule has 1 aliphatic carbocycles.